The number of para-hydroxylation sites is 1. The van der Waals surface area contributed by atoms with Gasteiger partial charge in [0.05, 0.1) is 18.2 Å². The van der Waals surface area contributed by atoms with Gasteiger partial charge >= 0.3 is 0 Å². The minimum absolute atomic E-state index is 0.0602. The Morgan fingerprint density at radius 2 is 1.53 bits per heavy atom. The quantitative estimate of drug-likeness (QED) is 0.689. The zero-order valence-corrected chi connectivity index (χ0v) is 18.1. The first-order chi connectivity index (χ1) is 14.7. The summed E-state index contributed by atoms with van der Waals surface area (Å²) in [5, 5.41) is 3.17. The molecular weight excluding hydrogens is 372 g/mol. The highest BCUT2D eigenvalue weighted by atomic mass is 16.5. The van der Waals surface area contributed by atoms with Gasteiger partial charge < -0.3 is 10.1 Å². The molecule has 2 fully saturated rings. The van der Waals surface area contributed by atoms with Crippen LogP contribution in [0.2, 0.25) is 0 Å². The van der Waals surface area contributed by atoms with Gasteiger partial charge in [-0.15, -0.1) is 0 Å². The summed E-state index contributed by atoms with van der Waals surface area (Å²) in [5.74, 6) is 0.0602. The lowest BCUT2D eigenvalue weighted by Crippen LogP contribution is -2.47. The Balaban J connectivity index is 1.32. The number of likely N-dealkylation sites (tertiary alicyclic amines) is 1. The number of amides is 1. The Labute approximate surface area is 180 Å². The average molecular weight is 407 g/mol. The van der Waals surface area contributed by atoms with Crippen molar-refractivity contribution in [1.29, 1.82) is 0 Å². The monoisotopic (exact) mass is 406 g/mol. The number of hydrogen-bond acceptors (Lipinski definition) is 3. The zero-order valence-electron chi connectivity index (χ0n) is 18.1. The zero-order chi connectivity index (χ0) is 20.8. The van der Waals surface area contributed by atoms with Crippen molar-refractivity contribution < 1.29 is 9.53 Å². The molecule has 0 bridgehead atoms. The molecular formula is C26H34N2O2. The van der Waals surface area contributed by atoms with Gasteiger partial charge in [0.1, 0.15) is 0 Å². The average Bonchev–Trinajstić information content (AvgIpc) is 2.81. The number of nitrogens with one attached hydrogen (secondary N) is 1. The first kappa shape index (κ1) is 21.1. The van der Waals surface area contributed by atoms with E-state index in [1.54, 1.807) is 0 Å². The number of carbonyl (C=O) groups excluding carboxylic acids is 1. The molecule has 1 heterocycles. The molecule has 2 aromatic rings. The molecule has 4 nitrogen and oxygen atoms in total. The molecule has 2 aliphatic rings. The van der Waals surface area contributed by atoms with Gasteiger partial charge in [-0.1, -0.05) is 67.8 Å². The number of piperidine rings is 1. The largest absolute Gasteiger partial charge is 0.375 e. The fraction of sp³-hybridized carbons (Fsp3) is 0.500. The van der Waals surface area contributed by atoms with Crippen LogP contribution in [0.3, 0.4) is 0 Å². The van der Waals surface area contributed by atoms with Crippen LogP contribution in [0.25, 0.3) is 11.1 Å². The van der Waals surface area contributed by atoms with Crippen LogP contribution < -0.4 is 5.32 Å². The number of benzene rings is 2. The summed E-state index contributed by atoms with van der Waals surface area (Å²) in [6.45, 7) is 3.86. The summed E-state index contributed by atoms with van der Waals surface area (Å²) in [7, 11) is 0. The van der Waals surface area contributed by atoms with Gasteiger partial charge in [0.25, 0.3) is 0 Å². The van der Waals surface area contributed by atoms with Crippen LogP contribution in [-0.2, 0) is 9.53 Å². The molecule has 1 unspecified atom stereocenters. The number of nitrogens with zero attached hydrogens (tertiary/aromatic N) is 1. The maximum atomic E-state index is 13.0. The van der Waals surface area contributed by atoms with Gasteiger partial charge in [-0.2, -0.15) is 0 Å². The Morgan fingerprint density at radius 1 is 0.900 bits per heavy atom. The minimum atomic E-state index is -0.149. The maximum absolute atomic E-state index is 13.0. The Bertz CT molecular complexity index is 809. The van der Waals surface area contributed by atoms with E-state index in [2.05, 4.69) is 28.4 Å². The van der Waals surface area contributed by atoms with Crippen molar-refractivity contribution in [3.8, 4) is 11.1 Å². The summed E-state index contributed by atoms with van der Waals surface area (Å²) in [6, 6.07) is 18.1. The van der Waals surface area contributed by atoms with E-state index >= 15 is 0 Å². The van der Waals surface area contributed by atoms with Gasteiger partial charge in [-0.25, -0.2) is 0 Å². The molecule has 0 spiro atoms. The first-order valence-electron chi connectivity index (χ1n) is 11.6. The molecule has 4 heteroatoms. The van der Waals surface area contributed by atoms with Crippen LogP contribution in [-0.4, -0.2) is 42.1 Å². The highest BCUT2D eigenvalue weighted by Gasteiger charge is 2.29. The van der Waals surface area contributed by atoms with Crippen LogP contribution in [0.4, 0.5) is 5.69 Å². The summed E-state index contributed by atoms with van der Waals surface area (Å²) >= 11 is 0. The van der Waals surface area contributed by atoms with Gasteiger partial charge in [-0.05, 0) is 44.2 Å². The van der Waals surface area contributed by atoms with Crippen molar-refractivity contribution in [3.05, 3.63) is 54.6 Å². The molecule has 1 atom stereocenters. The third kappa shape index (κ3) is 5.30. The molecule has 1 aliphatic carbocycles. The molecule has 1 saturated heterocycles. The third-order valence-electron chi connectivity index (χ3n) is 6.61. The van der Waals surface area contributed by atoms with E-state index < -0.39 is 0 Å². The van der Waals surface area contributed by atoms with Crippen LogP contribution >= 0.6 is 0 Å². The van der Waals surface area contributed by atoms with Crippen molar-refractivity contribution in [2.45, 2.75) is 70.1 Å². The topological polar surface area (TPSA) is 41.6 Å². The molecule has 1 amide bonds. The predicted octanol–water partition coefficient (Wildman–Crippen LogP) is 5.49. The van der Waals surface area contributed by atoms with Crippen molar-refractivity contribution in [3.63, 3.8) is 0 Å². The second-order valence-electron chi connectivity index (χ2n) is 8.71. The van der Waals surface area contributed by atoms with E-state index in [0.29, 0.717) is 12.2 Å². The van der Waals surface area contributed by atoms with E-state index in [0.717, 1.165) is 42.7 Å². The number of ether oxygens (including phenoxy) is 1. The Morgan fingerprint density at radius 3 is 2.27 bits per heavy atom. The van der Waals surface area contributed by atoms with E-state index in [9.17, 15) is 4.79 Å². The molecule has 30 heavy (non-hydrogen) atoms. The van der Waals surface area contributed by atoms with Crippen LogP contribution in [0.5, 0.6) is 0 Å². The van der Waals surface area contributed by atoms with Gasteiger partial charge in [0, 0.05) is 24.3 Å². The summed E-state index contributed by atoms with van der Waals surface area (Å²) in [4.78, 5) is 15.3. The smallest absolute Gasteiger partial charge is 0.241 e. The number of carbonyl (C=O) groups is 1. The van der Waals surface area contributed by atoms with E-state index in [1.165, 1.54) is 32.1 Å². The molecule has 0 radical (unpaired) electrons. The number of anilines is 1. The lowest BCUT2D eigenvalue weighted by molar-refractivity contribution is -0.122. The van der Waals surface area contributed by atoms with Crippen molar-refractivity contribution >= 4 is 11.6 Å². The molecule has 1 aliphatic heterocycles. The highest BCUT2D eigenvalue weighted by Crippen LogP contribution is 2.28. The van der Waals surface area contributed by atoms with E-state index in [4.69, 9.17) is 4.74 Å². The molecule has 4 rings (SSSR count). The van der Waals surface area contributed by atoms with Crippen LogP contribution in [0.1, 0.15) is 51.9 Å². The summed E-state index contributed by atoms with van der Waals surface area (Å²) in [5.41, 5.74) is 3.04. The van der Waals surface area contributed by atoms with E-state index in [-0.39, 0.29) is 11.9 Å². The molecule has 2 aromatic carbocycles. The summed E-state index contributed by atoms with van der Waals surface area (Å²) in [6.07, 6.45) is 9.29. The molecule has 0 aromatic heterocycles. The minimum Gasteiger partial charge on any atom is -0.375 e. The second kappa shape index (κ2) is 10.2. The predicted molar refractivity (Wildman–Crippen MR) is 123 cm³/mol. The fourth-order valence-corrected chi connectivity index (χ4v) is 4.74. The van der Waals surface area contributed by atoms with Gasteiger partial charge in [-0.3, -0.25) is 9.69 Å². The lowest BCUT2D eigenvalue weighted by atomic mass is 9.97. The van der Waals surface area contributed by atoms with Crippen molar-refractivity contribution in [2.75, 3.05) is 18.4 Å². The van der Waals surface area contributed by atoms with Crippen LogP contribution in [0, 0.1) is 0 Å². The fourth-order valence-electron chi connectivity index (χ4n) is 4.74. The van der Waals surface area contributed by atoms with Crippen molar-refractivity contribution in [1.82, 2.24) is 4.90 Å². The number of hydrogen-bond donors (Lipinski definition) is 1. The molecule has 1 saturated carbocycles. The van der Waals surface area contributed by atoms with Gasteiger partial charge in [0.15, 0.2) is 0 Å². The summed E-state index contributed by atoms with van der Waals surface area (Å²) < 4.78 is 6.35. The lowest BCUT2D eigenvalue weighted by Gasteiger charge is -2.37. The first-order valence-corrected chi connectivity index (χ1v) is 11.6. The normalized spacial score (nSPS) is 20.0. The number of rotatable bonds is 6. The maximum Gasteiger partial charge on any atom is 0.241 e. The molecule has 1 N–H and O–H groups in total. The van der Waals surface area contributed by atoms with E-state index in [1.807, 2.05) is 43.3 Å². The second-order valence-corrected chi connectivity index (χ2v) is 8.71. The third-order valence-corrected chi connectivity index (χ3v) is 6.61. The van der Waals surface area contributed by atoms with Gasteiger partial charge in [0.2, 0.25) is 5.91 Å². The Kier molecular flexibility index (Phi) is 7.19. The SMILES string of the molecule is CC(C(=O)Nc1ccccc1-c1ccccc1)N1CCC(OC2CCCCC2)CC1. The van der Waals surface area contributed by atoms with Crippen molar-refractivity contribution in [2.24, 2.45) is 0 Å². The Hall–Kier alpha value is -2.17. The molecule has 160 valence electrons. The van der Waals surface area contributed by atoms with Crippen LogP contribution in [0.15, 0.2) is 54.6 Å². The standard InChI is InChI=1S/C26H34N2O2/c1-20(28-18-16-23(17-19-28)30-22-12-6-3-7-13-22)26(29)27-25-15-9-8-14-24(25)21-10-4-2-5-11-21/h2,4-5,8-11,14-15,20,22-23H,3,6-7,12-13,16-19H2,1H3,(H,27,29). The highest BCUT2D eigenvalue weighted by molar-refractivity contribution is 5.98.